The fraction of sp³-hybridized carbons (Fsp3) is 0.182. The van der Waals surface area contributed by atoms with Gasteiger partial charge in [-0.3, -0.25) is 14.8 Å². The molecule has 0 atom stereocenters. The first kappa shape index (κ1) is 20.7. The van der Waals surface area contributed by atoms with E-state index in [0.717, 1.165) is 16.8 Å². The van der Waals surface area contributed by atoms with Crippen LogP contribution in [0.3, 0.4) is 0 Å². The lowest BCUT2D eigenvalue weighted by Crippen LogP contribution is -2.48. The number of pyridine rings is 2. The van der Waals surface area contributed by atoms with Gasteiger partial charge in [-0.15, -0.1) is 0 Å². The summed E-state index contributed by atoms with van der Waals surface area (Å²) in [6.07, 6.45) is 5.01. The zero-order chi connectivity index (χ0) is 21.8. The zero-order valence-electron chi connectivity index (χ0n) is 17.1. The predicted molar refractivity (Wildman–Crippen MR) is 123 cm³/mol. The number of benzene rings is 1. The van der Waals surface area contributed by atoms with E-state index in [1.807, 2.05) is 44.2 Å². The van der Waals surface area contributed by atoms with Crippen LogP contribution in [0.2, 0.25) is 0 Å². The van der Waals surface area contributed by atoms with Crippen LogP contribution in [0.1, 0.15) is 29.8 Å². The van der Waals surface area contributed by atoms with E-state index in [4.69, 9.17) is 10.5 Å². The van der Waals surface area contributed by atoms with E-state index in [9.17, 15) is 4.79 Å². The molecule has 1 amide bonds. The third kappa shape index (κ3) is 4.77. The quantitative estimate of drug-likeness (QED) is 0.509. The van der Waals surface area contributed by atoms with Gasteiger partial charge < -0.3 is 20.5 Å². The standard InChI is InChI=1S/C22H22N6O2S/c1-22(2,13-30-18-5-3-4-16-19(18)20(23)28-31-27-16)26-21(29)15-8-11-25-17(12-15)14-6-9-24-10-7-14/h3-12,27H,13H2,1-2H3,(H2,23,28)(H,26,29). The van der Waals surface area contributed by atoms with Crippen molar-refractivity contribution in [1.29, 1.82) is 0 Å². The molecule has 4 rings (SSSR count). The molecule has 0 aliphatic carbocycles. The van der Waals surface area contributed by atoms with Crippen LogP contribution in [0.15, 0.2) is 65.5 Å². The van der Waals surface area contributed by atoms with Crippen molar-refractivity contribution in [3.8, 4) is 17.0 Å². The molecule has 0 spiro atoms. The second kappa shape index (κ2) is 8.65. The highest BCUT2D eigenvalue weighted by molar-refractivity contribution is 7.99. The van der Waals surface area contributed by atoms with Crippen molar-refractivity contribution < 1.29 is 9.53 Å². The van der Waals surface area contributed by atoms with Crippen LogP contribution in [0.5, 0.6) is 5.75 Å². The zero-order valence-corrected chi connectivity index (χ0v) is 17.9. The summed E-state index contributed by atoms with van der Waals surface area (Å²) < 4.78 is 13.3. The lowest BCUT2D eigenvalue weighted by atomic mass is 10.0. The van der Waals surface area contributed by atoms with Crippen molar-refractivity contribution in [3.05, 3.63) is 72.2 Å². The van der Waals surface area contributed by atoms with Gasteiger partial charge in [0.15, 0.2) is 0 Å². The maximum absolute atomic E-state index is 12.9. The van der Waals surface area contributed by atoms with E-state index in [1.54, 1.807) is 30.7 Å². The molecule has 0 saturated heterocycles. The third-order valence-corrected chi connectivity index (χ3v) is 5.22. The minimum absolute atomic E-state index is 0.208. The number of carbonyl (C=O) groups is 1. The van der Waals surface area contributed by atoms with Crippen LogP contribution in [-0.2, 0) is 0 Å². The fourth-order valence-corrected chi connectivity index (χ4v) is 3.60. The summed E-state index contributed by atoms with van der Waals surface area (Å²) in [5, 5.41) is 3.03. The highest BCUT2D eigenvalue weighted by atomic mass is 32.2. The molecule has 31 heavy (non-hydrogen) atoms. The number of nitrogens with zero attached hydrogens (tertiary/aromatic N) is 3. The normalized spacial score (nSPS) is 12.9. The minimum Gasteiger partial charge on any atom is -0.490 e. The molecule has 2 aromatic heterocycles. The van der Waals surface area contributed by atoms with Crippen molar-refractivity contribution in [1.82, 2.24) is 15.3 Å². The van der Waals surface area contributed by atoms with Gasteiger partial charge in [-0.2, -0.15) is 4.40 Å². The molecule has 9 heteroatoms. The number of nitrogens with one attached hydrogen (secondary N) is 2. The number of ether oxygens (including phenoxy) is 1. The number of hydrogen-bond donors (Lipinski definition) is 3. The number of hydrogen-bond acceptors (Lipinski definition) is 8. The van der Waals surface area contributed by atoms with Crippen LogP contribution in [-0.4, -0.2) is 33.9 Å². The Balaban J connectivity index is 1.45. The first-order valence-corrected chi connectivity index (χ1v) is 10.4. The fourth-order valence-electron chi connectivity index (χ4n) is 3.09. The van der Waals surface area contributed by atoms with Crippen LogP contribution >= 0.6 is 12.1 Å². The second-order valence-corrected chi connectivity index (χ2v) is 8.21. The molecule has 0 fully saturated rings. The smallest absolute Gasteiger partial charge is 0.251 e. The summed E-state index contributed by atoms with van der Waals surface area (Å²) in [4.78, 5) is 21.2. The second-order valence-electron chi connectivity index (χ2n) is 7.64. The molecule has 1 aromatic carbocycles. The molecule has 0 unspecified atom stereocenters. The van der Waals surface area contributed by atoms with E-state index < -0.39 is 5.54 Å². The number of amidine groups is 1. The van der Waals surface area contributed by atoms with Crippen LogP contribution < -0.4 is 20.5 Å². The van der Waals surface area contributed by atoms with Gasteiger partial charge in [-0.1, -0.05) is 6.07 Å². The largest absolute Gasteiger partial charge is 0.490 e. The lowest BCUT2D eigenvalue weighted by molar-refractivity contribution is 0.0880. The van der Waals surface area contributed by atoms with Crippen LogP contribution in [0.25, 0.3) is 11.3 Å². The summed E-state index contributed by atoms with van der Waals surface area (Å²) in [7, 11) is 0. The number of carbonyl (C=O) groups excluding carboxylic acids is 1. The van der Waals surface area contributed by atoms with Crippen molar-refractivity contribution in [2.75, 3.05) is 11.3 Å². The average Bonchev–Trinajstić information content (AvgIpc) is 2.78. The Morgan fingerprint density at radius 1 is 1.19 bits per heavy atom. The van der Waals surface area contributed by atoms with Crippen molar-refractivity contribution in [3.63, 3.8) is 0 Å². The molecule has 3 heterocycles. The summed E-state index contributed by atoms with van der Waals surface area (Å²) >= 11 is 1.18. The van der Waals surface area contributed by atoms with Gasteiger partial charge in [0.2, 0.25) is 0 Å². The Morgan fingerprint density at radius 2 is 2.00 bits per heavy atom. The number of fused-ring (bicyclic) bond motifs is 1. The number of anilines is 1. The first-order chi connectivity index (χ1) is 14.9. The van der Waals surface area contributed by atoms with Crippen LogP contribution in [0.4, 0.5) is 5.69 Å². The van der Waals surface area contributed by atoms with Gasteiger partial charge in [0, 0.05) is 29.7 Å². The monoisotopic (exact) mass is 434 g/mol. The summed E-state index contributed by atoms with van der Waals surface area (Å²) in [5.74, 6) is 0.801. The van der Waals surface area contributed by atoms with E-state index in [2.05, 4.69) is 24.4 Å². The maximum Gasteiger partial charge on any atom is 0.251 e. The van der Waals surface area contributed by atoms with Crippen molar-refractivity contribution in [2.45, 2.75) is 19.4 Å². The third-order valence-electron chi connectivity index (χ3n) is 4.62. The van der Waals surface area contributed by atoms with Gasteiger partial charge in [0.05, 0.1) is 34.6 Å². The summed E-state index contributed by atoms with van der Waals surface area (Å²) in [6.45, 7) is 4.05. The van der Waals surface area contributed by atoms with E-state index in [-0.39, 0.29) is 12.5 Å². The van der Waals surface area contributed by atoms with Gasteiger partial charge in [-0.05, 0) is 50.2 Å². The molecule has 8 nitrogen and oxygen atoms in total. The maximum atomic E-state index is 12.9. The van der Waals surface area contributed by atoms with Gasteiger partial charge in [0.25, 0.3) is 5.91 Å². The first-order valence-electron chi connectivity index (χ1n) is 9.64. The number of rotatable bonds is 6. The number of amides is 1. The molecule has 4 N–H and O–H groups in total. The Labute approximate surface area is 184 Å². The highest BCUT2D eigenvalue weighted by Crippen LogP contribution is 2.32. The van der Waals surface area contributed by atoms with Gasteiger partial charge in [0.1, 0.15) is 18.2 Å². The molecule has 3 aromatic rings. The van der Waals surface area contributed by atoms with E-state index in [0.29, 0.717) is 22.8 Å². The average molecular weight is 435 g/mol. The molecule has 1 aliphatic heterocycles. The van der Waals surface area contributed by atoms with E-state index >= 15 is 0 Å². The Bertz CT molecular complexity index is 1130. The topological polar surface area (TPSA) is 115 Å². The Kier molecular flexibility index (Phi) is 5.77. The minimum atomic E-state index is -0.636. The summed E-state index contributed by atoms with van der Waals surface area (Å²) in [6, 6.07) is 12.8. The molecule has 0 radical (unpaired) electrons. The molecule has 1 aliphatic rings. The van der Waals surface area contributed by atoms with Gasteiger partial charge >= 0.3 is 0 Å². The highest BCUT2D eigenvalue weighted by Gasteiger charge is 2.25. The van der Waals surface area contributed by atoms with Crippen molar-refractivity contribution in [2.24, 2.45) is 10.1 Å². The van der Waals surface area contributed by atoms with Gasteiger partial charge in [-0.25, -0.2) is 0 Å². The van der Waals surface area contributed by atoms with E-state index in [1.165, 1.54) is 12.1 Å². The lowest BCUT2D eigenvalue weighted by Gasteiger charge is -2.27. The van der Waals surface area contributed by atoms with Crippen LogP contribution in [0, 0.1) is 0 Å². The number of aromatic nitrogens is 2. The molecule has 0 saturated carbocycles. The van der Waals surface area contributed by atoms with Crippen molar-refractivity contribution >= 4 is 29.6 Å². The Hall–Kier alpha value is -3.59. The molecule has 158 valence electrons. The number of nitrogens with two attached hydrogens (primary N) is 1. The SMILES string of the molecule is CC(C)(COc1cccc2c1C(N)=NSN2)NC(=O)c1ccnc(-c2ccncc2)c1. The molecule has 0 bridgehead atoms. The Morgan fingerprint density at radius 3 is 2.81 bits per heavy atom. The molecular weight excluding hydrogens is 412 g/mol. The predicted octanol–water partition coefficient (Wildman–Crippen LogP) is 3.43. The summed E-state index contributed by atoms with van der Waals surface area (Å²) in [5.41, 5.74) is 9.09. The molecular formula is C22H22N6O2S.